The molecular weight excluding hydrogens is 330 g/mol. The zero-order valence-corrected chi connectivity index (χ0v) is 14.2. The Morgan fingerprint density at radius 1 is 1.05 bits per heavy atom. The number of anilines is 1. The van der Waals surface area contributed by atoms with Gasteiger partial charge in [0.25, 0.3) is 0 Å². The number of fused-ring (bicyclic) bond motifs is 1. The average Bonchev–Trinajstić information content (AvgIpc) is 2.69. The van der Waals surface area contributed by atoms with E-state index in [0.717, 1.165) is 40.5 Å². The van der Waals surface area contributed by atoms with E-state index < -0.39 is 0 Å². The van der Waals surface area contributed by atoms with E-state index in [0.29, 0.717) is 5.92 Å². The summed E-state index contributed by atoms with van der Waals surface area (Å²) in [6, 6.07) is 3.80. The molecule has 0 N–H and O–H groups in total. The zero-order chi connectivity index (χ0) is 15.3. The van der Waals surface area contributed by atoms with Crippen LogP contribution in [0.15, 0.2) is 16.6 Å². The van der Waals surface area contributed by atoms with E-state index in [9.17, 15) is 9.59 Å². The lowest BCUT2D eigenvalue weighted by atomic mass is 9.76. The van der Waals surface area contributed by atoms with Gasteiger partial charge in [0.05, 0.1) is 17.5 Å². The molecule has 3 rings (SSSR count). The van der Waals surface area contributed by atoms with Gasteiger partial charge in [-0.05, 0) is 62.3 Å². The Morgan fingerprint density at radius 2 is 1.71 bits per heavy atom. The Bertz CT molecular complexity index is 625. The van der Waals surface area contributed by atoms with E-state index in [1.807, 2.05) is 26.0 Å². The van der Waals surface area contributed by atoms with Crippen LogP contribution in [-0.4, -0.2) is 11.8 Å². The molecule has 2 aliphatic rings. The Hall–Kier alpha value is -1.16. The van der Waals surface area contributed by atoms with E-state index in [1.54, 1.807) is 0 Å². The lowest BCUT2D eigenvalue weighted by Crippen LogP contribution is -2.31. The van der Waals surface area contributed by atoms with E-state index in [-0.39, 0.29) is 23.7 Å². The van der Waals surface area contributed by atoms with Gasteiger partial charge in [0.2, 0.25) is 11.8 Å². The van der Waals surface area contributed by atoms with Gasteiger partial charge >= 0.3 is 0 Å². The molecule has 2 fully saturated rings. The molecule has 1 aliphatic carbocycles. The van der Waals surface area contributed by atoms with Crippen molar-refractivity contribution in [2.45, 2.75) is 40.0 Å². The van der Waals surface area contributed by atoms with Gasteiger partial charge in [0, 0.05) is 4.47 Å². The summed E-state index contributed by atoms with van der Waals surface area (Å²) in [4.78, 5) is 26.9. The summed E-state index contributed by atoms with van der Waals surface area (Å²) in [7, 11) is 0. The van der Waals surface area contributed by atoms with Gasteiger partial charge in [-0.1, -0.05) is 22.9 Å². The number of rotatable bonds is 1. The number of halogens is 1. The molecule has 1 aromatic carbocycles. The van der Waals surface area contributed by atoms with Crippen LogP contribution in [0.25, 0.3) is 0 Å². The summed E-state index contributed by atoms with van der Waals surface area (Å²) in [6.45, 7) is 6.15. The van der Waals surface area contributed by atoms with Crippen molar-refractivity contribution in [3.05, 3.63) is 27.7 Å². The van der Waals surface area contributed by atoms with Crippen LogP contribution in [0.4, 0.5) is 5.69 Å². The van der Waals surface area contributed by atoms with E-state index in [1.165, 1.54) is 4.90 Å². The lowest BCUT2D eigenvalue weighted by Gasteiger charge is -2.25. The van der Waals surface area contributed by atoms with Crippen LogP contribution in [0.1, 0.15) is 37.3 Å². The molecule has 0 radical (unpaired) electrons. The molecule has 0 spiro atoms. The molecular formula is C17H20BrNO2. The second-order valence-electron chi connectivity index (χ2n) is 6.46. The van der Waals surface area contributed by atoms with Gasteiger partial charge in [-0.15, -0.1) is 0 Å². The van der Waals surface area contributed by atoms with Gasteiger partial charge in [0.1, 0.15) is 0 Å². The topological polar surface area (TPSA) is 37.4 Å². The number of nitrogens with zero attached hydrogens (tertiary/aromatic N) is 1. The Balaban J connectivity index is 2.02. The van der Waals surface area contributed by atoms with Crippen molar-refractivity contribution in [3.63, 3.8) is 0 Å². The number of amides is 2. The number of hydrogen-bond acceptors (Lipinski definition) is 2. The molecule has 3 nitrogen and oxygen atoms in total. The molecule has 3 atom stereocenters. The van der Waals surface area contributed by atoms with Gasteiger partial charge in [0.15, 0.2) is 0 Å². The minimum absolute atomic E-state index is 0.00127. The van der Waals surface area contributed by atoms with Gasteiger partial charge in [-0.2, -0.15) is 0 Å². The molecule has 1 heterocycles. The van der Waals surface area contributed by atoms with Crippen LogP contribution >= 0.6 is 15.9 Å². The third-order valence-electron chi connectivity index (χ3n) is 5.12. The second kappa shape index (κ2) is 5.24. The number of carbonyl (C=O) groups excluding carboxylic acids is 2. The maximum Gasteiger partial charge on any atom is 0.237 e. The smallest absolute Gasteiger partial charge is 0.237 e. The van der Waals surface area contributed by atoms with Crippen molar-refractivity contribution in [1.29, 1.82) is 0 Å². The largest absolute Gasteiger partial charge is 0.274 e. The first-order chi connectivity index (χ1) is 9.91. The number of carbonyl (C=O) groups is 2. The predicted octanol–water partition coefficient (Wildman–Crippen LogP) is 3.99. The van der Waals surface area contributed by atoms with Crippen molar-refractivity contribution < 1.29 is 9.59 Å². The normalized spacial score (nSPS) is 29.0. The first-order valence-electron chi connectivity index (χ1n) is 7.55. The Morgan fingerprint density at radius 3 is 2.43 bits per heavy atom. The van der Waals surface area contributed by atoms with Crippen molar-refractivity contribution in [2.24, 2.45) is 17.8 Å². The fraction of sp³-hybridized carbons (Fsp3) is 0.529. The Kier molecular flexibility index (Phi) is 3.68. The van der Waals surface area contributed by atoms with Crippen LogP contribution in [0.3, 0.4) is 0 Å². The number of benzene rings is 1. The lowest BCUT2D eigenvalue weighted by molar-refractivity contribution is -0.122. The molecule has 2 amide bonds. The summed E-state index contributed by atoms with van der Waals surface area (Å²) in [5, 5.41) is 0. The molecule has 4 heteroatoms. The minimum atomic E-state index is -0.107. The molecule has 1 aliphatic heterocycles. The molecule has 112 valence electrons. The van der Waals surface area contributed by atoms with Crippen LogP contribution in [0.5, 0.6) is 0 Å². The predicted molar refractivity (Wildman–Crippen MR) is 86.1 cm³/mol. The van der Waals surface area contributed by atoms with Crippen LogP contribution < -0.4 is 4.90 Å². The van der Waals surface area contributed by atoms with Crippen LogP contribution in [-0.2, 0) is 9.59 Å². The quantitative estimate of drug-likeness (QED) is 0.718. The summed E-state index contributed by atoms with van der Waals surface area (Å²) in [6.07, 6.45) is 2.74. The van der Waals surface area contributed by atoms with Crippen LogP contribution in [0, 0.1) is 31.6 Å². The molecule has 1 aromatic rings. The monoisotopic (exact) mass is 349 g/mol. The molecule has 21 heavy (non-hydrogen) atoms. The fourth-order valence-corrected chi connectivity index (χ4v) is 4.07. The maximum absolute atomic E-state index is 12.7. The first kappa shape index (κ1) is 14.8. The van der Waals surface area contributed by atoms with Crippen molar-refractivity contribution in [3.8, 4) is 0 Å². The standard InChI is InChI=1S/C17H20BrNO2/c1-9-4-5-12-13(8-9)17(21)19(16(12)20)15-7-6-14(18)10(2)11(15)3/h6-7,9,12-13H,4-5,8H2,1-3H3/t9-,12-,13+/m0/s1. The van der Waals surface area contributed by atoms with E-state index >= 15 is 0 Å². The summed E-state index contributed by atoms with van der Waals surface area (Å²) >= 11 is 3.50. The number of hydrogen-bond donors (Lipinski definition) is 0. The highest BCUT2D eigenvalue weighted by Crippen LogP contribution is 2.43. The first-order valence-corrected chi connectivity index (χ1v) is 8.34. The SMILES string of the molecule is Cc1c(Br)ccc(N2C(=O)[C@H]3CC[C@H](C)C[C@H]3C2=O)c1C. The molecule has 0 aromatic heterocycles. The summed E-state index contributed by atoms with van der Waals surface area (Å²) in [5.74, 6) is 0.334. The highest BCUT2D eigenvalue weighted by molar-refractivity contribution is 9.10. The highest BCUT2D eigenvalue weighted by Gasteiger charge is 2.50. The zero-order valence-electron chi connectivity index (χ0n) is 12.6. The van der Waals surface area contributed by atoms with Gasteiger partial charge < -0.3 is 0 Å². The van der Waals surface area contributed by atoms with Crippen LogP contribution in [0.2, 0.25) is 0 Å². The third kappa shape index (κ3) is 2.24. The van der Waals surface area contributed by atoms with Gasteiger partial charge in [-0.25, -0.2) is 4.90 Å². The Labute approximate surface area is 133 Å². The van der Waals surface area contributed by atoms with Crippen molar-refractivity contribution in [2.75, 3.05) is 4.90 Å². The molecule has 0 unspecified atom stereocenters. The minimum Gasteiger partial charge on any atom is -0.274 e. The fourth-order valence-electron chi connectivity index (χ4n) is 3.64. The summed E-state index contributed by atoms with van der Waals surface area (Å²) in [5.41, 5.74) is 2.84. The van der Waals surface area contributed by atoms with E-state index in [2.05, 4.69) is 22.9 Å². The van der Waals surface area contributed by atoms with Crippen molar-refractivity contribution >= 4 is 33.4 Å². The molecule has 1 saturated carbocycles. The highest BCUT2D eigenvalue weighted by atomic mass is 79.9. The second-order valence-corrected chi connectivity index (χ2v) is 7.31. The van der Waals surface area contributed by atoms with Crippen molar-refractivity contribution in [1.82, 2.24) is 0 Å². The van der Waals surface area contributed by atoms with E-state index in [4.69, 9.17) is 0 Å². The molecule has 0 bridgehead atoms. The average molecular weight is 350 g/mol. The third-order valence-corrected chi connectivity index (χ3v) is 5.98. The molecule has 1 saturated heterocycles. The number of imide groups is 1. The summed E-state index contributed by atoms with van der Waals surface area (Å²) < 4.78 is 1.01. The maximum atomic E-state index is 12.7. The van der Waals surface area contributed by atoms with Gasteiger partial charge in [-0.3, -0.25) is 9.59 Å².